The van der Waals surface area contributed by atoms with E-state index in [1.165, 1.54) is 30.0 Å². The first-order chi connectivity index (χ1) is 13.8. The molecule has 8 nitrogen and oxygen atoms in total. The van der Waals surface area contributed by atoms with Crippen LogP contribution in [0.3, 0.4) is 0 Å². The molecule has 4 rings (SSSR count). The van der Waals surface area contributed by atoms with Crippen molar-refractivity contribution in [2.75, 3.05) is 11.6 Å². The molecule has 0 fully saturated rings. The van der Waals surface area contributed by atoms with E-state index in [9.17, 15) is 12.8 Å². The van der Waals surface area contributed by atoms with Gasteiger partial charge in [-0.05, 0) is 37.3 Å². The van der Waals surface area contributed by atoms with Gasteiger partial charge in [-0.1, -0.05) is 6.07 Å². The Morgan fingerprint density at radius 3 is 2.72 bits per heavy atom. The Balaban J connectivity index is 1.76. The first kappa shape index (κ1) is 19.2. The van der Waals surface area contributed by atoms with Gasteiger partial charge < -0.3 is 10.1 Å². The number of aromatic nitrogens is 4. The summed E-state index contributed by atoms with van der Waals surface area (Å²) in [6.07, 6.45) is 2.40. The quantitative estimate of drug-likeness (QED) is 0.507. The third-order valence-electron chi connectivity index (χ3n) is 3.91. The monoisotopic (exact) mass is 431 g/mol. The highest BCUT2D eigenvalue weighted by Crippen LogP contribution is 2.34. The number of aryl methyl sites for hydroxylation is 1. The molecular formula is C18H14FN5O3S2. The number of benzene rings is 2. The van der Waals surface area contributed by atoms with E-state index in [0.717, 1.165) is 12.3 Å². The molecule has 0 bridgehead atoms. The maximum absolute atomic E-state index is 14.3. The minimum atomic E-state index is -3.68. The predicted molar refractivity (Wildman–Crippen MR) is 107 cm³/mol. The number of anilines is 2. The zero-order valence-electron chi connectivity index (χ0n) is 15.2. The number of fused-ring (bicyclic) bond motifs is 1. The van der Waals surface area contributed by atoms with E-state index in [-0.39, 0.29) is 16.4 Å². The molecule has 2 heterocycles. The van der Waals surface area contributed by atoms with Crippen LogP contribution < -0.4 is 10.1 Å². The van der Waals surface area contributed by atoms with Crippen LogP contribution in [-0.4, -0.2) is 34.0 Å². The molecule has 0 spiro atoms. The summed E-state index contributed by atoms with van der Waals surface area (Å²) in [5.74, 6) is 0.195. The fourth-order valence-corrected chi connectivity index (χ4v) is 4.02. The minimum absolute atomic E-state index is 0.232. The summed E-state index contributed by atoms with van der Waals surface area (Å²) in [5, 5.41) is 4.22. The van der Waals surface area contributed by atoms with Crippen LogP contribution in [0.2, 0.25) is 0 Å². The first-order valence-corrected chi connectivity index (χ1v) is 11.0. The number of rotatable bonds is 5. The average molecular weight is 431 g/mol. The number of sulfone groups is 1. The third kappa shape index (κ3) is 4.00. The lowest BCUT2D eigenvalue weighted by molar-refractivity contribution is 0.428. The minimum Gasteiger partial charge on any atom is -0.453 e. The highest BCUT2D eigenvalue weighted by molar-refractivity contribution is 7.90. The van der Waals surface area contributed by atoms with Crippen LogP contribution >= 0.6 is 11.5 Å². The van der Waals surface area contributed by atoms with E-state index < -0.39 is 15.7 Å². The van der Waals surface area contributed by atoms with E-state index in [1.54, 1.807) is 25.1 Å². The lowest BCUT2D eigenvalue weighted by Crippen LogP contribution is -2.02. The Morgan fingerprint density at radius 2 is 2.00 bits per heavy atom. The highest BCUT2D eigenvalue weighted by Gasteiger charge is 2.19. The summed E-state index contributed by atoms with van der Waals surface area (Å²) >= 11 is 1.19. The van der Waals surface area contributed by atoms with Gasteiger partial charge in [0.1, 0.15) is 28.6 Å². The van der Waals surface area contributed by atoms with Gasteiger partial charge in [-0.3, -0.25) is 0 Å². The molecule has 148 valence electrons. The maximum Gasteiger partial charge on any atom is 0.208 e. The van der Waals surface area contributed by atoms with Crippen molar-refractivity contribution in [1.82, 2.24) is 19.3 Å². The van der Waals surface area contributed by atoms with Crippen molar-refractivity contribution in [3.63, 3.8) is 0 Å². The van der Waals surface area contributed by atoms with Crippen LogP contribution in [0.5, 0.6) is 11.5 Å². The number of halogens is 1. The van der Waals surface area contributed by atoms with Gasteiger partial charge in [0.2, 0.25) is 5.13 Å². The smallest absolute Gasteiger partial charge is 0.208 e. The van der Waals surface area contributed by atoms with Gasteiger partial charge in [-0.15, -0.1) is 0 Å². The SMILES string of the molecule is Cc1nsc(Nc2ncnc3ccc(Oc4c(F)cccc4S(C)(=O)=O)cc23)n1. The fourth-order valence-electron chi connectivity index (χ4n) is 2.65. The second-order valence-electron chi connectivity index (χ2n) is 6.11. The van der Waals surface area contributed by atoms with Gasteiger partial charge in [-0.2, -0.15) is 4.37 Å². The number of hydrogen-bond acceptors (Lipinski definition) is 9. The standard InChI is InChI=1S/C18H14FN5O3S2/c1-10-22-18(28-24-10)23-17-12-8-11(6-7-14(12)20-9-21-17)27-16-13(19)4-3-5-15(16)29(2,25)26/h3-9H,1-2H3,(H,20,21,22,23,24). The Morgan fingerprint density at radius 1 is 1.17 bits per heavy atom. The van der Waals surface area contributed by atoms with Crippen LogP contribution in [-0.2, 0) is 9.84 Å². The zero-order chi connectivity index (χ0) is 20.6. The van der Waals surface area contributed by atoms with Crippen molar-refractivity contribution < 1.29 is 17.5 Å². The molecule has 0 radical (unpaired) electrons. The summed E-state index contributed by atoms with van der Waals surface area (Å²) in [6, 6.07) is 8.60. The van der Waals surface area contributed by atoms with Gasteiger partial charge in [-0.25, -0.2) is 27.8 Å². The number of para-hydroxylation sites is 1. The Kier molecular flexibility index (Phi) is 4.84. The molecule has 0 unspecified atom stereocenters. The van der Waals surface area contributed by atoms with Gasteiger partial charge in [0.15, 0.2) is 21.4 Å². The Bertz CT molecular complexity index is 1320. The van der Waals surface area contributed by atoms with Crippen molar-refractivity contribution in [1.29, 1.82) is 0 Å². The van der Waals surface area contributed by atoms with Gasteiger partial charge in [0.05, 0.1) is 5.52 Å². The number of nitrogens with one attached hydrogen (secondary N) is 1. The average Bonchev–Trinajstić information content (AvgIpc) is 3.08. The van der Waals surface area contributed by atoms with E-state index in [1.807, 2.05) is 0 Å². The fraction of sp³-hybridized carbons (Fsp3) is 0.111. The molecule has 0 saturated carbocycles. The van der Waals surface area contributed by atoms with Crippen molar-refractivity contribution >= 4 is 43.2 Å². The zero-order valence-corrected chi connectivity index (χ0v) is 16.9. The van der Waals surface area contributed by atoms with Crippen molar-refractivity contribution in [2.24, 2.45) is 0 Å². The van der Waals surface area contributed by atoms with E-state index in [4.69, 9.17) is 4.74 Å². The third-order valence-corrected chi connectivity index (χ3v) is 5.75. The molecule has 0 saturated heterocycles. The van der Waals surface area contributed by atoms with Crippen LogP contribution in [0.15, 0.2) is 47.6 Å². The van der Waals surface area contributed by atoms with Crippen LogP contribution in [0.1, 0.15) is 5.82 Å². The molecule has 0 aliphatic heterocycles. The van der Waals surface area contributed by atoms with Crippen molar-refractivity contribution in [3.05, 3.63) is 54.4 Å². The second-order valence-corrected chi connectivity index (χ2v) is 8.85. The predicted octanol–water partition coefficient (Wildman–Crippen LogP) is 3.87. The molecule has 0 atom stereocenters. The van der Waals surface area contributed by atoms with E-state index in [0.29, 0.717) is 27.7 Å². The number of hydrogen-bond donors (Lipinski definition) is 1. The molecule has 1 N–H and O–H groups in total. The molecule has 29 heavy (non-hydrogen) atoms. The summed E-state index contributed by atoms with van der Waals surface area (Å²) in [5.41, 5.74) is 0.618. The molecule has 2 aromatic carbocycles. The maximum atomic E-state index is 14.3. The second kappa shape index (κ2) is 7.33. The topological polar surface area (TPSA) is 107 Å². The number of ether oxygens (including phenoxy) is 1. The Labute approximate surface area is 169 Å². The van der Waals surface area contributed by atoms with Crippen molar-refractivity contribution in [2.45, 2.75) is 11.8 Å². The van der Waals surface area contributed by atoms with Crippen molar-refractivity contribution in [3.8, 4) is 11.5 Å². The van der Waals surface area contributed by atoms with Gasteiger partial charge in [0.25, 0.3) is 0 Å². The first-order valence-electron chi connectivity index (χ1n) is 8.30. The van der Waals surface area contributed by atoms with Gasteiger partial charge >= 0.3 is 0 Å². The highest BCUT2D eigenvalue weighted by atomic mass is 32.2. The van der Waals surface area contributed by atoms with E-state index >= 15 is 0 Å². The summed E-state index contributed by atoms with van der Waals surface area (Å²) < 4.78 is 48.0. The largest absolute Gasteiger partial charge is 0.453 e. The summed E-state index contributed by atoms with van der Waals surface area (Å²) in [6.45, 7) is 1.78. The lowest BCUT2D eigenvalue weighted by Gasteiger charge is -2.12. The van der Waals surface area contributed by atoms with Crippen LogP contribution in [0.25, 0.3) is 10.9 Å². The molecule has 0 amide bonds. The van der Waals surface area contributed by atoms with Gasteiger partial charge in [0, 0.05) is 23.2 Å². The van der Waals surface area contributed by atoms with E-state index in [2.05, 4.69) is 24.6 Å². The molecule has 0 aliphatic carbocycles. The summed E-state index contributed by atoms with van der Waals surface area (Å²) in [7, 11) is -3.68. The molecule has 0 aliphatic rings. The lowest BCUT2D eigenvalue weighted by atomic mass is 10.2. The molecular weight excluding hydrogens is 417 g/mol. The summed E-state index contributed by atoms with van der Waals surface area (Å²) in [4.78, 5) is 12.4. The van der Waals surface area contributed by atoms with Crippen LogP contribution in [0.4, 0.5) is 15.3 Å². The Hall–Kier alpha value is -3.18. The molecule has 2 aromatic heterocycles. The molecule has 11 heteroatoms. The molecule has 4 aromatic rings. The normalized spacial score (nSPS) is 11.6. The number of nitrogens with zero attached hydrogens (tertiary/aromatic N) is 4. The van der Waals surface area contributed by atoms with Crippen LogP contribution in [0, 0.1) is 12.7 Å².